The van der Waals surface area contributed by atoms with Crippen LogP contribution in [0.4, 0.5) is 5.69 Å². The summed E-state index contributed by atoms with van der Waals surface area (Å²) < 4.78 is 0. The number of rotatable bonds is 2. The number of nitrogens with two attached hydrogens (primary N) is 1. The lowest BCUT2D eigenvalue weighted by atomic mass is 9.90. The molecule has 3 heteroatoms. The molecule has 0 aromatic heterocycles. The van der Waals surface area contributed by atoms with Crippen LogP contribution in [0.2, 0.25) is 0 Å². The van der Waals surface area contributed by atoms with Crippen molar-refractivity contribution in [2.75, 3.05) is 5.73 Å². The highest BCUT2D eigenvalue weighted by atomic mass is 16.3. The molecule has 0 amide bonds. The number of phenolic OH excluding ortho intramolecular Hbond substituents is 1. The molecule has 0 saturated heterocycles. The first-order valence-electron chi connectivity index (χ1n) is 6.08. The van der Waals surface area contributed by atoms with Crippen LogP contribution >= 0.6 is 0 Å². The van der Waals surface area contributed by atoms with Crippen LogP contribution in [0.15, 0.2) is 36.4 Å². The first-order valence-corrected chi connectivity index (χ1v) is 6.08. The Hall–Kier alpha value is -2.47. The number of nitriles is 1. The van der Waals surface area contributed by atoms with E-state index in [9.17, 15) is 10.4 Å². The van der Waals surface area contributed by atoms with Crippen molar-refractivity contribution in [1.29, 1.82) is 5.26 Å². The van der Waals surface area contributed by atoms with E-state index in [2.05, 4.69) is 6.07 Å². The minimum Gasteiger partial charge on any atom is -0.508 e. The van der Waals surface area contributed by atoms with Crippen molar-refractivity contribution in [3.8, 4) is 11.8 Å². The molecule has 2 rings (SSSR count). The smallest absolute Gasteiger partial charge is 0.122 e. The average molecular weight is 252 g/mol. The van der Waals surface area contributed by atoms with Gasteiger partial charge in [-0.1, -0.05) is 29.8 Å². The topological polar surface area (TPSA) is 70.0 Å². The summed E-state index contributed by atoms with van der Waals surface area (Å²) in [4.78, 5) is 0. The summed E-state index contributed by atoms with van der Waals surface area (Å²) in [5, 5.41) is 19.4. The van der Waals surface area contributed by atoms with E-state index in [1.165, 1.54) is 6.07 Å². The van der Waals surface area contributed by atoms with Crippen molar-refractivity contribution >= 4 is 5.69 Å². The number of phenols is 1. The van der Waals surface area contributed by atoms with Crippen LogP contribution in [0.1, 0.15) is 28.2 Å². The number of nitrogens with zero attached hydrogens (tertiary/aromatic N) is 1. The normalized spacial score (nSPS) is 11.8. The molecule has 1 atom stereocenters. The van der Waals surface area contributed by atoms with Gasteiger partial charge in [0.15, 0.2) is 0 Å². The molecule has 0 fully saturated rings. The maximum Gasteiger partial charge on any atom is 0.122 e. The number of hydrogen-bond acceptors (Lipinski definition) is 3. The van der Waals surface area contributed by atoms with Gasteiger partial charge < -0.3 is 10.8 Å². The highest BCUT2D eigenvalue weighted by Crippen LogP contribution is 2.33. The van der Waals surface area contributed by atoms with Crippen LogP contribution in [-0.2, 0) is 0 Å². The average Bonchev–Trinajstić information content (AvgIpc) is 2.38. The molecule has 0 bridgehead atoms. The lowest BCUT2D eigenvalue weighted by Gasteiger charge is -2.14. The van der Waals surface area contributed by atoms with Gasteiger partial charge in [0.25, 0.3) is 0 Å². The zero-order valence-corrected chi connectivity index (χ0v) is 11.0. The summed E-state index contributed by atoms with van der Waals surface area (Å²) >= 11 is 0. The molecule has 19 heavy (non-hydrogen) atoms. The minimum atomic E-state index is -0.486. The van der Waals surface area contributed by atoms with Crippen LogP contribution in [0.25, 0.3) is 0 Å². The maximum atomic E-state index is 10.0. The van der Waals surface area contributed by atoms with Gasteiger partial charge in [0.1, 0.15) is 5.75 Å². The summed E-state index contributed by atoms with van der Waals surface area (Å²) in [7, 11) is 0. The van der Waals surface area contributed by atoms with Crippen LogP contribution < -0.4 is 5.73 Å². The predicted octanol–water partition coefficient (Wildman–Crippen LogP) is 3.25. The third-order valence-corrected chi connectivity index (χ3v) is 3.27. The Kier molecular flexibility index (Phi) is 3.43. The van der Waals surface area contributed by atoms with Crippen LogP contribution in [0.3, 0.4) is 0 Å². The molecule has 2 aromatic carbocycles. The molecule has 1 unspecified atom stereocenters. The van der Waals surface area contributed by atoms with Gasteiger partial charge in [-0.2, -0.15) is 5.26 Å². The van der Waals surface area contributed by atoms with Crippen molar-refractivity contribution < 1.29 is 5.11 Å². The molecule has 3 N–H and O–H groups in total. The lowest BCUT2D eigenvalue weighted by molar-refractivity contribution is 0.468. The van der Waals surface area contributed by atoms with E-state index in [4.69, 9.17) is 5.73 Å². The predicted molar refractivity (Wildman–Crippen MR) is 75.9 cm³/mol. The van der Waals surface area contributed by atoms with E-state index in [0.717, 1.165) is 16.7 Å². The van der Waals surface area contributed by atoms with Gasteiger partial charge in [-0.25, -0.2) is 0 Å². The summed E-state index contributed by atoms with van der Waals surface area (Å²) in [5.74, 6) is -0.421. The standard InChI is InChI=1S/C16H16N2O/c1-10-3-5-12(6-4-10)14(9-17)13-7-11(2)15(18)8-16(13)19/h3-8,14,19H,18H2,1-2H3. The van der Waals surface area contributed by atoms with Crippen LogP contribution in [0.5, 0.6) is 5.75 Å². The van der Waals surface area contributed by atoms with E-state index in [-0.39, 0.29) is 5.75 Å². The Morgan fingerprint density at radius 1 is 1.16 bits per heavy atom. The summed E-state index contributed by atoms with van der Waals surface area (Å²) in [6.45, 7) is 3.86. The van der Waals surface area contributed by atoms with Crippen LogP contribution in [-0.4, -0.2) is 5.11 Å². The fourth-order valence-electron chi connectivity index (χ4n) is 2.05. The van der Waals surface area contributed by atoms with E-state index in [1.54, 1.807) is 6.07 Å². The molecule has 0 spiro atoms. The Bertz CT molecular complexity index is 639. The van der Waals surface area contributed by atoms with Gasteiger partial charge in [0.05, 0.1) is 12.0 Å². The fourth-order valence-corrected chi connectivity index (χ4v) is 2.05. The molecule has 0 radical (unpaired) electrons. The van der Waals surface area contributed by atoms with Crippen molar-refractivity contribution in [2.45, 2.75) is 19.8 Å². The summed E-state index contributed by atoms with van der Waals surface area (Å²) in [6, 6.07) is 13.3. The fraction of sp³-hybridized carbons (Fsp3) is 0.188. The zero-order chi connectivity index (χ0) is 14.0. The second-order valence-corrected chi connectivity index (χ2v) is 4.74. The monoisotopic (exact) mass is 252 g/mol. The van der Waals surface area contributed by atoms with Crippen molar-refractivity contribution in [1.82, 2.24) is 0 Å². The van der Waals surface area contributed by atoms with Gasteiger partial charge in [-0.15, -0.1) is 0 Å². The Labute approximate surface area is 112 Å². The van der Waals surface area contributed by atoms with E-state index >= 15 is 0 Å². The number of anilines is 1. The third kappa shape index (κ3) is 2.53. The number of nitrogen functional groups attached to an aromatic ring is 1. The summed E-state index contributed by atoms with van der Waals surface area (Å²) in [5.41, 5.74) is 9.74. The Morgan fingerprint density at radius 3 is 2.37 bits per heavy atom. The first-order chi connectivity index (χ1) is 9.02. The van der Waals surface area contributed by atoms with Gasteiger partial charge >= 0.3 is 0 Å². The highest BCUT2D eigenvalue weighted by molar-refractivity contribution is 5.57. The molecule has 0 aliphatic carbocycles. The quantitative estimate of drug-likeness (QED) is 0.806. The molecule has 2 aromatic rings. The van der Waals surface area contributed by atoms with Gasteiger partial charge in [0, 0.05) is 17.3 Å². The maximum absolute atomic E-state index is 10.0. The van der Waals surface area contributed by atoms with Crippen LogP contribution in [0, 0.1) is 25.2 Å². The molecule has 0 heterocycles. The van der Waals surface area contributed by atoms with Crippen molar-refractivity contribution in [2.24, 2.45) is 0 Å². The molecule has 3 nitrogen and oxygen atoms in total. The van der Waals surface area contributed by atoms with Gasteiger partial charge in [-0.3, -0.25) is 0 Å². The van der Waals surface area contributed by atoms with Gasteiger partial charge in [-0.05, 0) is 31.0 Å². The SMILES string of the molecule is Cc1ccc(C(C#N)c2cc(C)c(N)cc2O)cc1. The molecule has 0 aliphatic rings. The molecule has 0 saturated carbocycles. The van der Waals surface area contributed by atoms with Crippen molar-refractivity contribution in [3.63, 3.8) is 0 Å². The summed E-state index contributed by atoms with van der Waals surface area (Å²) in [6.07, 6.45) is 0. The largest absolute Gasteiger partial charge is 0.508 e. The molecule has 96 valence electrons. The second kappa shape index (κ2) is 5.03. The van der Waals surface area contributed by atoms with Crippen molar-refractivity contribution in [3.05, 3.63) is 58.7 Å². The first kappa shape index (κ1) is 13.0. The molecular formula is C16H16N2O. The number of aromatic hydroxyl groups is 1. The molecular weight excluding hydrogens is 236 g/mol. The molecule has 0 aliphatic heterocycles. The Morgan fingerprint density at radius 2 is 1.79 bits per heavy atom. The Balaban J connectivity index is 2.52. The zero-order valence-electron chi connectivity index (χ0n) is 11.0. The number of hydrogen-bond donors (Lipinski definition) is 2. The highest BCUT2D eigenvalue weighted by Gasteiger charge is 2.18. The van der Waals surface area contributed by atoms with E-state index in [0.29, 0.717) is 11.3 Å². The lowest BCUT2D eigenvalue weighted by Crippen LogP contribution is -2.01. The second-order valence-electron chi connectivity index (χ2n) is 4.74. The third-order valence-electron chi connectivity index (χ3n) is 3.27. The number of aryl methyl sites for hydroxylation is 2. The van der Waals surface area contributed by atoms with E-state index < -0.39 is 5.92 Å². The number of benzene rings is 2. The minimum absolute atomic E-state index is 0.0650. The van der Waals surface area contributed by atoms with Gasteiger partial charge in [0.2, 0.25) is 0 Å². The van der Waals surface area contributed by atoms with E-state index in [1.807, 2.05) is 38.1 Å².